The number of aromatic nitrogens is 2. The van der Waals surface area contributed by atoms with Gasteiger partial charge in [-0.15, -0.1) is 5.10 Å². The molecule has 1 atom stereocenters. The summed E-state index contributed by atoms with van der Waals surface area (Å²) in [4.78, 5) is 12.2. The molecule has 5 heteroatoms. The zero-order chi connectivity index (χ0) is 16.1. The fourth-order valence-corrected chi connectivity index (χ4v) is 2.80. The van der Waals surface area contributed by atoms with Gasteiger partial charge in [0.2, 0.25) is 11.9 Å². The minimum Gasteiger partial charge on any atom is -0.329 e. The smallest absolute Gasteiger partial charge is 0.249 e. The van der Waals surface area contributed by atoms with E-state index in [4.69, 9.17) is 0 Å². The second kappa shape index (κ2) is 4.93. The van der Waals surface area contributed by atoms with Crippen molar-refractivity contribution in [1.29, 1.82) is 0 Å². The lowest BCUT2D eigenvalue weighted by Gasteiger charge is -2.25. The molecule has 22 heavy (non-hydrogen) atoms. The van der Waals surface area contributed by atoms with Gasteiger partial charge < -0.3 is 5.32 Å². The van der Waals surface area contributed by atoms with Crippen molar-refractivity contribution in [2.75, 3.05) is 0 Å². The summed E-state index contributed by atoms with van der Waals surface area (Å²) in [6, 6.07) is 5.10. The van der Waals surface area contributed by atoms with E-state index in [1.54, 1.807) is 6.07 Å². The van der Waals surface area contributed by atoms with Gasteiger partial charge in [0.25, 0.3) is 0 Å². The van der Waals surface area contributed by atoms with Crippen LogP contribution in [0.2, 0.25) is 0 Å². The van der Waals surface area contributed by atoms with E-state index in [2.05, 4.69) is 37.8 Å². The molecule has 1 aliphatic rings. The number of nitrogens with zero attached hydrogens (tertiary/aromatic N) is 2. The maximum absolute atomic E-state index is 14.1. The summed E-state index contributed by atoms with van der Waals surface area (Å²) in [5.41, 5.74) is 2.40. The molecule has 0 bridgehead atoms. The maximum atomic E-state index is 14.1. The Hall–Kier alpha value is -2.17. The first-order valence-corrected chi connectivity index (χ1v) is 7.44. The van der Waals surface area contributed by atoms with Crippen molar-refractivity contribution in [1.82, 2.24) is 15.1 Å². The summed E-state index contributed by atoms with van der Waals surface area (Å²) < 4.78 is 15.6. The quantitative estimate of drug-likeness (QED) is 0.877. The SMILES string of the molecule is C=C1CCC(n2nc(F)c3ccc(C(C)(C)C)cc32)C(=O)N1. The van der Waals surface area contributed by atoms with Crippen LogP contribution < -0.4 is 5.32 Å². The summed E-state index contributed by atoms with van der Waals surface area (Å²) >= 11 is 0. The molecule has 116 valence electrons. The third-order valence-corrected chi connectivity index (χ3v) is 4.15. The normalized spacial score (nSPS) is 19.5. The van der Waals surface area contributed by atoms with Crippen LogP contribution in [0.5, 0.6) is 0 Å². The van der Waals surface area contributed by atoms with Crippen LogP contribution in [-0.4, -0.2) is 15.7 Å². The number of benzene rings is 1. The van der Waals surface area contributed by atoms with Crippen LogP contribution in [0, 0.1) is 5.95 Å². The third-order valence-electron chi connectivity index (χ3n) is 4.15. The van der Waals surface area contributed by atoms with Gasteiger partial charge in [-0.3, -0.25) is 4.79 Å². The molecule has 1 aromatic heterocycles. The zero-order valence-electron chi connectivity index (χ0n) is 13.1. The molecule has 0 radical (unpaired) electrons. The molecule has 1 aromatic carbocycles. The van der Waals surface area contributed by atoms with E-state index in [9.17, 15) is 9.18 Å². The molecule has 3 rings (SSSR count). The molecule has 1 N–H and O–H groups in total. The minimum absolute atomic E-state index is 0.0527. The standard InChI is InChI=1S/C17H20FN3O/c1-10-5-8-13(16(22)19-10)21-14-9-11(17(2,3)4)6-7-12(14)15(18)20-21/h6-7,9,13H,1,5,8H2,2-4H3,(H,19,22). The Balaban J connectivity index is 2.13. The van der Waals surface area contributed by atoms with Crippen LogP contribution >= 0.6 is 0 Å². The van der Waals surface area contributed by atoms with E-state index in [-0.39, 0.29) is 11.3 Å². The topological polar surface area (TPSA) is 46.9 Å². The van der Waals surface area contributed by atoms with Crippen LogP contribution in [0.15, 0.2) is 30.5 Å². The largest absolute Gasteiger partial charge is 0.329 e. The Morgan fingerprint density at radius 2 is 2.14 bits per heavy atom. The number of amides is 1. The highest BCUT2D eigenvalue weighted by Crippen LogP contribution is 2.31. The van der Waals surface area contributed by atoms with Gasteiger partial charge in [0.15, 0.2) is 0 Å². The number of rotatable bonds is 1. The molecule has 0 saturated carbocycles. The maximum Gasteiger partial charge on any atom is 0.249 e. The molecular weight excluding hydrogens is 281 g/mol. The second-order valence-electron chi connectivity index (χ2n) is 6.86. The molecule has 0 spiro atoms. The highest BCUT2D eigenvalue weighted by atomic mass is 19.1. The number of hydrogen-bond acceptors (Lipinski definition) is 2. The summed E-state index contributed by atoms with van der Waals surface area (Å²) in [5.74, 6) is -0.713. The Bertz CT molecular complexity index is 770. The molecule has 4 nitrogen and oxygen atoms in total. The number of piperidine rings is 1. The van der Waals surface area contributed by atoms with E-state index in [0.29, 0.717) is 29.4 Å². The van der Waals surface area contributed by atoms with E-state index in [1.165, 1.54) is 4.68 Å². The van der Waals surface area contributed by atoms with Crippen molar-refractivity contribution in [3.63, 3.8) is 0 Å². The van der Waals surface area contributed by atoms with Gasteiger partial charge in [0.05, 0.1) is 10.9 Å². The number of nitrogens with one attached hydrogen (secondary N) is 1. The van der Waals surface area contributed by atoms with Gasteiger partial charge in [-0.1, -0.05) is 33.4 Å². The summed E-state index contributed by atoms with van der Waals surface area (Å²) in [5, 5.41) is 7.15. The van der Waals surface area contributed by atoms with Crippen molar-refractivity contribution >= 4 is 16.8 Å². The highest BCUT2D eigenvalue weighted by Gasteiger charge is 2.29. The number of hydrogen-bond donors (Lipinski definition) is 1. The molecule has 1 aliphatic heterocycles. The Morgan fingerprint density at radius 1 is 1.41 bits per heavy atom. The number of carbonyl (C=O) groups excluding carboxylic acids is 1. The molecular formula is C17H20FN3O. The molecule has 2 heterocycles. The van der Waals surface area contributed by atoms with Crippen LogP contribution in [-0.2, 0) is 10.2 Å². The number of halogens is 1. The van der Waals surface area contributed by atoms with E-state index < -0.39 is 12.0 Å². The predicted molar refractivity (Wildman–Crippen MR) is 83.9 cm³/mol. The van der Waals surface area contributed by atoms with Crippen LogP contribution in [0.25, 0.3) is 10.9 Å². The number of allylic oxidation sites excluding steroid dienone is 1. The fraction of sp³-hybridized carbons (Fsp3) is 0.412. The summed E-state index contributed by atoms with van der Waals surface area (Å²) in [7, 11) is 0. The first-order valence-electron chi connectivity index (χ1n) is 7.44. The van der Waals surface area contributed by atoms with Crippen LogP contribution in [0.3, 0.4) is 0 Å². The fourth-order valence-electron chi connectivity index (χ4n) is 2.80. The zero-order valence-corrected chi connectivity index (χ0v) is 13.1. The lowest BCUT2D eigenvalue weighted by Crippen LogP contribution is -2.36. The van der Waals surface area contributed by atoms with Crippen LogP contribution in [0.4, 0.5) is 4.39 Å². The van der Waals surface area contributed by atoms with Gasteiger partial charge in [-0.2, -0.15) is 4.39 Å². The van der Waals surface area contributed by atoms with Crippen molar-refractivity contribution < 1.29 is 9.18 Å². The molecule has 1 saturated heterocycles. The van der Waals surface area contributed by atoms with E-state index >= 15 is 0 Å². The monoisotopic (exact) mass is 301 g/mol. The molecule has 1 fully saturated rings. The van der Waals surface area contributed by atoms with Gasteiger partial charge in [-0.05, 0) is 36.0 Å². The Labute approximate surface area is 129 Å². The molecule has 2 aromatic rings. The molecule has 0 aliphatic carbocycles. The van der Waals surface area contributed by atoms with Crippen molar-refractivity contribution in [2.24, 2.45) is 0 Å². The lowest BCUT2D eigenvalue weighted by atomic mass is 9.86. The van der Waals surface area contributed by atoms with Gasteiger partial charge in [0.1, 0.15) is 6.04 Å². The van der Waals surface area contributed by atoms with Gasteiger partial charge >= 0.3 is 0 Å². The third kappa shape index (κ3) is 2.40. The summed E-state index contributed by atoms with van der Waals surface area (Å²) in [6.45, 7) is 10.1. The number of fused-ring (bicyclic) bond motifs is 1. The van der Waals surface area contributed by atoms with Gasteiger partial charge in [-0.25, -0.2) is 4.68 Å². The van der Waals surface area contributed by atoms with Crippen molar-refractivity contribution in [2.45, 2.75) is 45.1 Å². The average Bonchev–Trinajstić information content (AvgIpc) is 2.75. The predicted octanol–water partition coefficient (Wildman–Crippen LogP) is 3.44. The number of carbonyl (C=O) groups is 1. The molecule has 1 unspecified atom stereocenters. The Kier molecular flexibility index (Phi) is 3.31. The second-order valence-corrected chi connectivity index (χ2v) is 6.86. The van der Waals surface area contributed by atoms with E-state index in [0.717, 1.165) is 5.56 Å². The van der Waals surface area contributed by atoms with Crippen LogP contribution in [0.1, 0.15) is 45.2 Å². The summed E-state index contributed by atoms with van der Waals surface area (Å²) in [6.07, 6.45) is 1.26. The van der Waals surface area contributed by atoms with Crippen molar-refractivity contribution in [3.8, 4) is 0 Å². The average molecular weight is 301 g/mol. The van der Waals surface area contributed by atoms with Crippen molar-refractivity contribution in [3.05, 3.63) is 42.0 Å². The first-order chi connectivity index (χ1) is 10.3. The lowest BCUT2D eigenvalue weighted by molar-refractivity contribution is -0.125. The first kappa shape index (κ1) is 14.8. The molecule has 1 amide bonds. The minimum atomic E-state index is -0.535. The van der Waals surface area contributed by atoms with Gasteiger partial charge in [0, 0.05) is 5.70 Å². The Morgan fingerprint density at radius 3 is 2.77 bits per heavy atom. The highest BCUT2D eigenvalue weighted by molar-refractivity contribution is 5.87. The van der Waals surface area contributed by atoms with E-state index in [1.807, 2.05) is 12.1 Å².